The number of aliphatic hydroxyl groups excluding tert-OH is 1. The third-order valence-corrected chi connectivity index (χ3v) is 9.98. The van der Waals surface area contributed by atoms with Crippen molar-refractivity contribution in [3.05, 3.63) is 138 Å². The standard InChI is InChI=1S/C45H58O11S/c46-21-22-47-23-24-48-25-26-49-27-28-50-29-30-51-31-32-52-36-41-42(53-33-37-13-5-1-6-14-37)43(54-34-38-15-7-2-8-16-38)44(55-35-39-17-9-3-10-18-39)45(56-41)57-40-19-11-4-12-20-40/h1-20,41-46H,21-36H2/t41-,42+,43+,44-,45+/m1/s1. The van der Waals surface area contributed by atoms with Crippen molar-refractivity contribution in [1.82, 2.24) is 0 Å². The fourth-order valence-electron chi connectivity index (χ4n) is 5.97. The molecule has 0 bridgehead atoms. The van der Waals surface area contributed by atoms with Gasteiger partial charge in [-0.05, 0) is 28.8 Å². The number of hydrogen-bond acceptors (Lipinski definition) is 12. The van der Waals surface area contributed by atoms with Gasteiger partial charge < -0.3 is 52.5 Å². The van der Waals surface area contributed by atoms with Crippen LogP contribution >= 0.6 is 11.8 Å². The summed E-state index contributed by atoms with van der Waals surface area (Å²) in [7, 11) is 0. The van der Waals surface area contributed by atoms with E-state index in [4.69, 9.17) is 52.5 Å². The van der Waals surface area contributed by atoms with Crippen LogP contribution in [0.25, 0.3) is 0 Å². The van der Waals surface area contributed by atoms with Gasteiger partial charge in [-0.3, -0.25) is 0 Å². The van der Waals surface area contributed by atoms with Crippen molar-refractivity contribution in [3.63, 3.8) is 0 Å². The second-order valence-electron chi connectivity index (χ2n) is 13.1. The van der Waals surface area contributed by atoms with Crippen LogP contribution in [0, 0.1) is 0 Å². The third-order valence-electron chi connectivity index (χ3n) is 8.82. The van der Waals surface area contributed by atoms with E-state index >= 15 is 0 Å². The molecule has 1 aliphatic rings. The van der Waals surface area contributed by atoms with Crippen LogP contribution < -0.4 is 0 Å². The molecule has 0 radical (unpaired) electrons. The second kappa shape index (κ2) is 28.3. The highest BCUT2D eigenvalue weighted by Gasteiger charge is 2.49. The first-order chi connectivity index (χ1) is 28.3. The zero-order chi connectivity index (χ0) is 39.4. The van der Waals surface area contributed by atoms with Gasteiger partial charge in [-0.25, -0.2) is 0 Å². The zero-order valence-corrected chi connectivity index (χ0v) is 33.5. The maximum absolute atomic E-state index is 8.70. The van der Waals surface area contributed by atoms with Crippen LogP contribution in [-0.4, -0.2) is 121 Å². The summed E-state index contributed by atoms with van der Waals surface area (Å²) in [4.78, 5) is 1.06. The second-order valence-corrected chi connectivity index (χ2v) is 14.3. The van der Waals surface area contributed by atoms with E-state index in [1.807, 2.05) is 72.8 Å². The molecule has 1 aliphatic heterocycles. The van der Waals surface area contributed by atoms with E-state index in [1.165, 1.54) is 0 Å². The highest BCUT2D eigenvalue weighted by atomic mass is 32.2. The zero-order valence-electron chi connectivity index (χ0n) is 32.7. The van der Waals surface area contributed by atoms with Crippen molar-refractivity contribution in [3.8, 4) is 0 Å². The molecule has 0 aliphatic carbocycles. The first kappa shape index (κ1) is 44.9. The van der Waals surface area contributed by atoms with Gasteiger partial charge in [0.15, 0.2) is 0 Å². The Balaban J connectivity index is 1.17. The summed E-state index contributed by atoms with van der Waals surface area (Å²) in [6.07, 6.45) is -1.92. The Bertz CT molecular complexity index is 1540. The predicted octanol–water partition coefficient (Wildman–Crippen LogP) is 6.35. The monoisotopic (exact) mass is 806 g/mol. The largest absolute Gasteiger partial charge is 0.394 e. The molecule has 0 unspecified atom stereocenters. The summed E-state index contributed by atoms with van der Waals surface area (Å²) in [6.45, 7) is 6.26. The molecule has 1 N–H and O–H groups in total. The van der Waals surface area contributed by atoms with Crippen LogP contribution in [0.1, 0.15) is 16.7 Å². The highest BCUT2D eigenvalue weighted by Crippen LogP contribution is 2.38. The molecule has 0 saturated carbocycles. The SMILES string of the molecule is OCCOCCOCCOCCOCCOCCOC[C@H]1O[C@@H](Sc2ccccc2)[C@H](OCc2ccccc2)[C@@H](OCc2ccccc2)[C@H]1OCc1ccccc1. The van der Waals surface area contributed by atoms with Crippen molar-refractivity contribution in [2.75, 3.05) is 85.9 Å². The van der Waals surface area contributed by atoms with Crippen molar-refractivity contribution in [2.24, 2.45) is 0 Å². The van der Waals surface area contributed by atoms with Crippen LogP contribution in [0.2, 0.25) is 0 Å². The molecule has 11 nitrogen and oxygen atoms in total. The number of rotatable bonds is 30. The van der Waals surface area contributed by atoms with Crippen LogP contribution in [-0.2, 0) is 67.2 Å². The first-order valence-electron chi connectivity index (χ1n) is 19.7. The van der Waals surface area contributed by atoms with Gasteiger partial charge in [0.2, 0.25) is 0 Å². The van der Waals surface area contributed by atoms with Crippen LogP contribution in [0.5, 0.6) is 0 Å². The molecule has 5 rings (SSSR count). The van der Waals surface area contributed by atoms with Crippen LogP contribution in [0.3, 0.4) is 0 Å². The van der Waals surface area contributed by atoms with E-state index in [1.54, 1.807) is 11.8 Å². The van der Waals surface area contributed by atoms with Gasteiger partial charge in [0.25, 0.3) is 0 Å². The van der Waals surface area contributed by atoms with E-state index in [2.05, 4.69) is 48.5 Å². The molecular weight excluding hydrogens is 749 g/mol. The van der Waals surface area contributed by atoms with Gasteiger partial charge in [0, 0.05) is 4.90 Å². The van der Waals surface area contributed by atoms with Gasteiger partial charge in [-0.1, -0.05) is 121 Å². The highest BCUT2D eigenvalue weighted by molar-refractivity contribution is 7.99. The number of hydrogen-bond donors (Lipinski definition) is 1. The van der Waals surface area contributed by atoms with Gasteiger partial charge in [0.05, 0.1) is 106 Å². The fourth-order valence-corrected chi connectivity index (χ4v) is 7.12. The molecule has 1 saturated heterocycles. The maximum atomic E-state index is 8.70. The lowest BCUT2D eigenvalue weighted by Gasteiger charge is -2.46. The number of aliphatic hydroxyl groups is 1. The molecule has 310 valence electrons. The summed E-state index contributed by atoms with van der Waals surface area (Å²) in [5.74, 6) is 0. The minimum atomic E-state index is -0.503. The van der Waals surface area contributed by atoms with Crippen molar-refractivity contribution in [2.45, 2.75) is 54.6 Å². The lowest BCUT2D eigenvalue weighted by molar-refractivity contribution is -0.254. The lowest BCUT2D eigenvalue weighted by Crippen LogP contribution is -2.60. The Morgan fingerprint density at radius 3 is 1.23 bits per heavy atom. The number of ether oxygens (including phenoxy) is 10. The third kappa shape index (κ3) is 17.7. The Morgan fingerprint density at radius 2 is 0.789 bits per heavy atom. The summed E-state index contributed by atoms with van der Waals surface area (Å²) >= 11 is 1.62. The van der Waals surface area contributed by atoms with E-state index in [9.17, 15) is 0 Å². The maximum Gasteiger partial charge on any atom is 0.137 e. The van der Waals surface area contributed by atoms with Gasteiger partial charge >= 0.3 is 0 Å². The van der Waals surface area contributed by atoms with Gasteiger partial charge in [0.1, 0.15) is 29.9 Å². The van der Waals surface area contributed by atoms with E-state index in [0.717, 1.165) is 21.6 Å². The summed E-state index contributed by atoms with van der Waals surface area (Å²) in [5.41, 5.74) is 2.76. The van der Waals surface area contributed by atoms with Crippen molar-refractivity contribution < 1.29 is 52.5 Å². The van der Waals surface area contributed by atoms with Crippen LogP contribution in [0.15, 0.2) is 126 Å². The molecule has 4 aromatic rings. The summed E-state index contributed by atoms with van der Waals surface area (Å²) in [6, 6.07) is 40.7. The molecule has 0 amide bonds. The fraction of sp³-hybridized carbons (Fsp3) is 0.467. The smallest absolute Gasteiger partial charge is 0.137 e. The van der Waals surface area contributed by atoms with E-state index < -0.39 is 29.9 Å². The van der Waals surface area contributed by atoms with Gasteiger partial charge in [-0.15, -0.1) is 0 Å². The molecular formula is C45H58O11S. The Morgan fingerprint density at radius 1 is 0.421 bits per heavy atom. The van der Waals surface area contributed by atoms with E-state index in [0.29, 0.717) is 92.5 Å². The molecule has 1 fully saturated rings. The van der Waals surface area contributed by atoms with Crippen molar-refractivity contribution >= 4 is 11.8 Å². The molecule has 57 heavy (non-hydrogen) atoms. The number of benzene rings is 4. The normalized spacial score (nSPS) is 19.5. The molecule has 12 heteroatoms. The summed E-state index contributed by atoms with van der Waals surface area (Å²) < 4.78 is 61.0. The molecule has 0 aromatic heterocycles. The number of thioether (sulfide) groups is 1. The Labute approximate surface area is 341 Å². The van der Waals surface area contributed by atoms with E-state index in [-0.39, 0.29) is 13.2 Å². The topological polar surface area (TPSA) is 113 Å². The minimum Gasteiger partial charge on any atom is -0.394 e. The average Bonchev–Trinajstić information content (AvgIpc) is 3.26. The Hall–Kier alpha value is -3.21. The average molecular weight is 807 g/mol. The summed E-state index contributed by atoms with van der Waals surface area (Å²) in [5, 5.41) is 8.70. The lowest BCUT2D eigenvalue weighted by atomic mass is 9.99. The minimum absolute atomic E-state index is 0.0135. The first-order valence-corrected chi connectivity index (χ1v) is 20.6. The Kier molecular flexibility index (Phi) is 22.2. The molecule has 4 aromatic carbocycles. The molecule has 5 atom stereocenters. The quantitative estimate of drug-likeness (QED) is 0.0593. The molecule has 0 spiro atoms. The van der Waals surface area contributed by atoms with Crippen molar-refractivity contribution in [1.29, 1.82) is 0 Å². The predicted molar refractivity (Wildman–Crippen MR) is 218 cm³/mol. The van der Waals surface area contributed by atoms with Crippen LogP contribution in [0.4, 0.5) is 0 Å². The molecule has 1 heterocycles. The van der Waals surface area contributed by atoms with Gasteiger partial charge in [-0.2, -0.15) is 0 Å².